The van der Waals surface area contributed by atoms with Crippen LogP contribution in [-0.4, -0.2) is 30.1 Å². The zero-order chi connectivity index (χ0) is 15.3. The van der Waals surface area contributed by atoms with Crippen LogP contribution in [0.4, 0.5) is 5.69 Å². The lowest BCUT2D eigenvalue weighted by Gasteiger charge is -2.07. The first-order chi connectivity index (χ1) is 10.0. The Morgan fingerprint density at radius 3 is 2.86 bits per heavy atom. The first-order valence-corrected chi connectivity index (χ1v) is 7.72. The average molecular weight is 305 g/mol. The largest absolute Gasteiger partial charge is 0.395 e. The lowest BCUT2D eigenvalue weighted by molar-refractivity contribution is 0.305. The molecule has 0 aliphatic rings. The highest BCUT2D eigenvalue weighted by Crippen LogP contribution is 2.17. The van der Waals surface area contributed by atoms with Crippen LogP contribution in [0.1, 0.15) is 17.5 Å². The van der Waals surface area contributed by atoms with Gasteiger partial charge in [-0.15, -0.1) is 0 Å². The molecule has 110 valence electrons. The predicted octanol–water partition coefficient (Wildman–Crippen LogP) is 1.25. The van der Waals surface area contributed by atoms with E-state index in [9.17, 15) is 8.42 Å². The Balaban J connectivity index is 2.27. The van der Waals surface area contributed by atoms with Crippen LogP contribution < -0.4 is 4.72 Å². The number of H-pyrrole nitrogens is 1. The highest BCUT2D eigenvalue weighted by atomic mass is 32.2. The number of benzene rings is 1. The molecule has 2 rings (SSSR count). The number of imidazole rings is 1. The summed E-state index contributed by atoms with van der Waals surface area (Å²) in [6, 6.07) is 5.20. The average Bonchev–Trinajstić information content (AvgIpc) is 2.92. The predicted molar refractivity (Wildman–Crippen MR) is 79.2 cm³/mol. The monoisotopic (exact) mass is 305 g/mol. The second-order valence-corrected chi connectivity index (χ2v) is 6.04. The van der Waals surface area contributed by atoms with Gasteiger partial charge in [-0.05, 0) is 30.7 Å². The van der Waals surface area contributed by atoms with Crippen molar-refractivity contribution in [3.63, 3.8) is 0 Å². The summed E-state index contributed by atoms with van der Waals surface area (Å²) in [7, 11) is -3.68. The lowest BCUT2D eigenvalue weighted by atomic mass is 10.1. The fraction of sp³-hybridized carbons (Fsp3) is 0.214. The minimum absolute atomic E-state index is 0.00186. The summed E-state index contributed by atoms with van der Waals surface area (Å²) in [5.74, 6) is 5.69. The van der Waals surface area contributed by atoms with Gasteiger partial charge in [-0.2, -0.15) is 8.42 Å². The Morgan fingerprint density at radius 1 is 1.38 bits per heavy atom. The fourth-order valence-corrected chi connectivity index (χ4v) is 2.68. The number of hydrogen-bond acceptors (Lipinski definition) is 4. The van der Waals surface area contributed by atoms with Gasteiger partial charge in [-0.3, -0.25) is 4.72 Å². The highest BCUT2D eigenvalue weighted by Gasteiger charge is 2.15. The van der Waals surface area contributed by atoms with E-state index in [1.165, 1.54) is 12.5 Å². The summed E-state index contributed by atoms with van der Waals surface area (Å²) in [4.78, 5) is 6.25. The Bertz CT molecular complexity index is 772. The van der Waals surface area contributed by atoms with Crippen molar-refractivity contribution in [3.05, 3.63) is 41.9 Å². The molecule has 0 radical (unpaired) electrons. The molecule has 0 fully saturated rings. The smallest absolute Gasteiger partial charge is 0.278 e. The van der Waals surface area contributed by atoms with E-state index >= 15 is 0 Å². The first kappa shape index (κ1) is 15.1. The van der Waals surface area contributed by atoms with Crippen LogP contribution in [0, 0.1) is 18.8 Å². The summed E-state index contributed by atoms with van der Waals surface area (Å²) >= 11 is 0. The van der Waals surface area contributed by atoms with Crippen LogP contribution in [0.15, 0.2) is 35.7 Å². The van der Waals surface area contributed by atoms with E-state index in [1.807, 2.05) is 13.0 Å². The van der Waals surface area contributed by atoms with Crippen molar-refractivity contribution < 1.29 is 13.5 Å². The molecule has 2 aromatic rings. The van der Waals surface area contributed by atoms with Crippen LogP contribution in [-0.2, 0) is 10.0 Å². The number of aryl methyl sites for hydroxylation is 1. The first-order valence-electron chi connectivity index (χ1n) is 6.24. The number of aromatic amines is 1. The summed E-state index contributed by atoms with van der Waals surface area (Å²) in [5, 5.41) is 8.71. The maximum atomic E-state index is 12.1. The molecular formula is C14H15N3O3S. The van der Waals surface area contributed by atoms with Crippen LogP contribution in [0.2, 0.25) is 0 Å². The standard InChI is InChI=1S/C14H15N3O3S/c1-11-6-12(4-2-3-5-18)8-13(7-11)17-21(19,20)14-9-15-10-16-14/h6-10,17-18H,3,5H2,1H3,(H,15,16). The van der Waals surface area contributed by atoms with Crippen molar-refractivity contribution in [1.29, 1.82) is 0 Å². The fourth-order valence-electron chi connectivity index (χ4n) is 1.73. The van der Waals surface area contributed by atoms with Gasteiger partial charge in [0.15, 0.2) is 5.03 Å². The van der Waals surface area contributed by atoms with E-state index in [0.29, 0.717) is 17.7 Å². The van der Waals surface area contributed by atoms with Crippen molar-refractivity contribution in [2.45, 2.75) is 18.4 Å². The Kier molecular flexibility index (Phi) is 4.62. The highest BCUT2D eigenvalue weighted by molar-refractivity contribution is 7.92. The number of rotatable bonds is 4. The number of aromatic nitrogens is 2. The maximum absolute atomic E-state index is 12.1. The zero-order valence-corrected chi connectivity index (χ0v) is 12.2. The molecule has 21 heavy (non-hydrogen) atoms. The van der Waals surface area contributed by atoms with E-state index in [4.69, 9.17) is 5.11 Å². The zero-order valence-electron chi connectivity index (χ0n) is 11.4. The van der Waals surface area contributed by atoms with E-state index in [2.05, 4.69) is 26.5 Å². The third-order valence-corrected chi connectivity index (χ3v) is 3.87. The summed E-state index contributed by atoms with van der Waals surface area (Å²) < 4.78 is 26.7. The van der Waals surface area contributed by atoms with Gasteiger partial charge in [0.2, 0.25) is 0 Å². The summed E-state index contributed by atoms with van der Waals surface area (Å²) in [5.41, 5.74) is 2.00. The lowest BCUT2D eigenvalue weighted by Crippen LogP contribution is -2.13. The van der Waals surface area contributed by atoms with Gasteiger partial charge >= 0.3 is 0 Å². The summed E-state index contributed by atoms with van der Waals surface area (Å²) in [6.07, 6.45) is 2.92. The Hall–Kier alpha value is -2.30. The van der Waals surface area contributed by atoms with Gasteiger partial charge in [0.1, 0.15) is 0 Å². The molecule has 0 amide bonds. The van der Waals surface area contributed by atoms with E-state index in [-0.39, 0.29) is 11.6 Å². The molecule has 0 aliphatic carbocycles. The Morgan fingerprint density at radius 2 is 2.19 bits per heavy atom. The molecule has 1 aromatic heterocycles. The van der Waals surface area contributed by atoms with Crippen LogP contribution in [0.25, 0.3) is 0 Å². The SMILES string of the molecule is Cc1cc(C#CCCO)cc(NS(=O)(=O)c2cnc[nH]2)c1. The second kappa shape index (κ2) is 6.43. The van der Waals surface area contributed by atoms with Crippen molar-refractivity contribution >= 4 is 15.7 Å². The second-order valence-electron chi connectivity index (χ2n) is 4.38. The van der Waals surface area contributed by atoms with E-state index in [0.717, 1.165) is 5.56 Å². The van der Waals surface area contributed by atoms with Crippen LogP contribution in [0.3, 0.4) is 0 Å². The molecule has 0 saturated carbocycles. The molecule has 1 heterocycles. The van der Waals surface area contributed by atoms with E-state index in [1.54, 1.807) is 12.1 Å². The minimum atomic E-state index is -3.68. The molecule has 0 saturated heterocycles. The van der Waals surface area contributed by atoms with Crippen LogP contribution >= 0.6 is 0 Å². The number of aliphatic hydroxyl groups is 1. The van der Waals surface area contributed by atoms with Gasteiger partial charge in [-0.25, -0.2) is 4.98 Å². The molecule has 0 aliphatic heterocycles. The molecule has 3 N–H and O–H groups in total. The Labute approximate surface area is 123 Å². The minimum Gasteiger partial charge on any atom is -0.395 e. The van der Waals surface area contributed by atoms with Gasteiger partial charge < -0.3 is 10.1 Å². The van der Waals surface area contributed by atoms with Gasteiger partial charge in [0.05, 0.1) is 24.8 Å². The summed E-state index contributed by atoms with van der Waals surface area (Å²) in [6.45, 7) is 1.85. The molecule has 1 aromatic carbocycles. The topological polar surface area (TPSA) is 95.1 Å². The molecule has 7 heteroatoms. The van der Waals surface area contributed by atoms with Crippen molar-refractivity contribution in [1.82, 2.24) is 9.97 Å². The van der Waals surface area contributed by atoms with Crippen molar-refractivity contribution in [2.75, 3.05) is 11.3 Å². The number of anilines is 1. The molecule has 6 nitrogen and oxygen atoms in total. The normalized spacial score (nSPS) is 10.8. The van der Waals surface area contributed by atoms with Gasteiger partial charge in [0, 0.05) is 12.0 Å². The van der Waals surface area contributed by atoms with Crippen LogP contribution in [0.5, 0.6) is 0 Å². The van der Waals surface area contributed by atoms with Crippen molar-refractivity contribution in [3.8, 4) is 11.8 Å². The molecular weight excluding hydrogens is 290 g/mol. The number of nitrogens with zero attached hydrogens (tertiary/aromatic N) is 1. The van der Waals surface area contributed by atoms with Crippen molar-refractivity contribution in [2.24, 2.45) is 0 Å². The van der Waals surface area contributed by atoms with Gasteiger partial charge in [0.25, 0.3) is 10.0 Å². The van der Waals surface area contributed by atoms with Gasteiger partial charge in [-0.1, -0.05) is 11.8 Å². The molecule has 0 atom stereocenters. The molecule has 0 unspecified atom stereocenters. The maximum Gasteiger partial charge on any atom is 0.278 e. The third-order valence-electron chi connectivity index (χ3n) is 2.56. The third kappa shape index (κ3) is 4.08. The number of sulfonamides is 1. The molecule has 0 spiro atoms. The molecule has 0 bridgehead atoms. The van der Waals surface area contributed by atoms with E-state index < -0.39 is 10.0 Å². The number of aliphatic hydroxyl groups excluding tert-OH is 1. The number of nitrogens with one attached hydrogen (secondary N) is 2. The number of hydrogen-bond donors (Lipinski definition) is 3. The quantitative estimate of drug-likeness (QED) is 0.741.